The number of furan rings is 1. The predicted octanol–water partition coefficient (Wildman–Crippen LogP) is 6.58. The van der Waals surface area contributed by atoms with Crippen molar-refractivity contribution in [3.63, 3.8) is 0 Å². The molecule has 1 aromatic heterocycles. The molecule has 9 nitrogen and oxygen atoms in total. The van der Waals surface area contributed by atoms with Crippen LogP contribution in [0, 0.1) is 10.1 Å². The molecule has 1 amide bonds. The Balaban J connectivity index is 1.45. The second-order valence-corrected chi connectivity index (χ2v) is 8.13. The SMILES string of the molecule is COc1ccc(Oc2cc(NC(=O)c3ccc(COc4ccc(Br)cc4)o3)cc([N+](=O)[O-])c2)cc1. The highest BCUT2D eigenvalue weighted by Gasteiger charge is 2.16. The maximum absolute atomic E-state index is 12.7. The van der Waals surface area contributed by atoms with Crippen molar-refractivity contribution in [2.24, 2.45) is 0 Å². The first kappa shape index (κ1) is 23.8. The topological polar surface area (TPSA) is 113 Å². The van der Waals surface area contributed by atoms with Crippen LogP contribution >= 0.6 is 15.9 Å². The molecule has 178 valence electrons. The van der Waals surface area contributed by atoms with Crippen molar-refractivity contribution in [2.75, 3.05) is 12.4 Å². The van der Waals surface area contributed by atoms with Crippen molar-refractivity contribution >= 4 is 33.2 Å². The predicted molar refractivity (Wildman–Crippen MR) is 131 cm³/mol. The number of hydrogen-bond acceptors (Lipinski definition) is 7. The molecular formula is C25H19BrN2O7. The zero-order valence-electron chi connectivity index (χ0n) is 18.4. The monoisotopic (exact) mass is 538 g/mol. The van der Waals surface area contributed by atoms with Gasteiger partial charge in [-0.1, -0.05) is 15.9 Å². The molecule has 0 spiro atoms. The maximum Gasteiger partial charge on any atom is 0.291 e. The van der Waals surface area contributed by atoms with E-state index in [2.05, 4.69) is 21.2 Å². The number of anilines is 1. The van der Waals surface area contributed by atoms with E-state index in [1.165, 1.54) is 24.3 Å². The highest BCUT2D eigenvalue weighted by molar-refractivity contribution is 9.10. The van der Waals surface area contributed by atoms with E-state index in [4.69, 9.17) is 18.6 Å². The van der Waals surface area contributed by atoms with Gasteiger partial charge in [0.25, 0.3) is 11.6 Å². The molecule has 4 aromatic rings. The van der Waals surface area contributed by atoms with Gasteiger partial charge < -0.3 is 23.9 Å². The van der Waals surface area contributed by atoms with Gasteiger partial charge in [0.2, 0.25) is 0 Å². The number of nitro benzene ring substituents is 1. The molecule has 1 N–H and O–H groups in total. The average Bonchev–Trinajstić information content (AvgIpc) is 3.33. The molecule has 0 fully saturated rings. The minimum absolute atomic E-state index is 0.0311. The van der Waals surface area contributed by atoms with Crippen molar-refractivity contribution < 1.29 is 28.3 Å². The summed E-state index contributed by atoms with van der Waals surface area (Å²) in [6.07, 6.45) is 0. The molecule has 0 saturated heterocycles. The fraction of sp³-hybridized carbons (Fsp3) is 0.0800. The van der Waals surface area contributed by atoms with Gasteiger partial charge in [0.1, 0.15) is 35.4 Å². The molecule has 0 radical (unpaired) electrons. The zero-order valence-corrected chi connectivity index (χ0v) is 20.0. The lowest BCUT2D eigenvalue weighted by Gasteiger charge is -2.09. The molecule has 0 saturated carbocycles. The number of carbonyl (C=O) groups excluding carboxylic acids is 1. The summed E-state index contributed by atoms with van der Waals surface area (Å²) in [7, 11) is 1.54. The fourth-order valence-corrected chi connectivity index (χ4v) is 3.32. The summed E-state index contributed by atoms with van der Waals surface area (Å²) >= 11 is 3.36. The number of halogens is 1. The number of hydrogen-bond donors (Lipinski definition) is 1. The summed E-state index contributed by atoms with van der Waals surface area (Å²) in [4.78, 5) is 23.5. The van der Waals surface area contributed by atoms with Gasteiger partial charge >= 0.3 is 0 Å². The molecule has 1 heterocycles. The van der Waals surface area contributed by atoms with Gasteiger partial charge in [0, 0.05) is 16.6 Å². The highest BCUT2D eigenvalue weighted by atomic mass is 79.9. The lowest BCUT2D eigenvalue weighted by atomic mass is 10.2. The number of amides is 1. The van der Waals surface area contributed by atoms with Gasteiger partial charge in [0.05, 0.1) is 23.8 Å². The summed E-state index contributed by atoms with van der Waals surface area (Å²) < 4.78 is 23.0. The summed E-state index contributed by atoms with van der Waals surface area (Å²) in [5.74, 6) is 1.83. The number of non-ortho nitro benzene ring substituents is 1. The second kappa shape index (κ2) is 10.7. The summed E-state index contributed by atoms with van der Waals surface area (Å²) in [6.45, 7) is 0.131. The highest BCUT2D eigenvalue weighted by Crippen LogP contribution is 2.31. The van der Waals surface area contributed by atoms with Gasteiger partial charge in [-0.15, -0.1) is 0 Å². The van der Waals surface area contributed by atoms with Crippen LogP contribution in [-0.4, -0.2) is 17.9 Å². The van der Waals surface area contributed by atoms with Crippen molar-refractivity contribution in [1.29, 1.82) is 0 Å². The standard InChI is InChI=1S/C25H19BrN2O7/c1-32-19-6-8-21(9-7-19)34-23-13-17(12-18(14-23)28(30)31)27-25(29)24-11-10-22(35-24)15-33-20-4-2-16(26)3-5-20/h2-14H,15H2,1H3,(H,27,29). The van der Waals surface area contributed by atoms with E-state index in [-0.39, 0.29) is 29.5 Å². The molecule has 3 aromatic carbocycles. The molecule has 0 aliphatic heterocycles. The first-order valence-electron chi connectivity index (χ1n) is 10.3. The Hall–Kier alpha value is -4.31. The molecular weight excluding hydrogens is 520 g/mol. The number of benzene rings is 3. The van der Waals surface area contributed by atoms with E-state index >= 15 is 0 Å². The molecule has 0 bridgehead atoms. The van der Waals surface area contributed by atoms with Crippen LogP contribution in [0.4, 0.5) is 11.4 Å². The lowest BCUT2D eigenvalue weighted by Crippen LogP contribution is -2.11. The molecule has 0 unspecified atom stereocenters. The van der Waals surface area contributed by atoms with Crippen LogP contribution in [0.3, 0.4) is 0 Å². The van der Waals surface area contributed by atoms with Crippen LogP contribution in [0.1, 0.15) is 16.3 Å². The van der Waals surface area contributed by atoms with Gasteiger partial charge in [-0.2, -0.15) is 0 Å². The zero-order chi connectivity index (χ0) is 24.8. The maximum atomic E-state index is 12.7. The van der Waals surface area contributed by atoms with Crippen LogP contribution < -0.4 is 19.5 Å². The van der Waals surface area contributed by atoms with Crippen molar-refractivity contribution in [3.8, 4) is 23.0 Å². The molecule has 0 aliphatic carbocycles. The van der Waals surface area contributed by atoms with Gasteiger partial charge in [0.15, 0.2) is 5.76 Å². The minimum atomic E-state index is -0.573. The minimum Gasteiger partial charge on any atom is -0.497 e. The fourth-order valence-electron chi connectivity index (χ4n) is 3.06. The van der Waals surface area contributed by atoms with E-state index in [1.807, 2.05) is 12.1 Å². The molecule has 35 heavy (non-hydrogen) atoms. The Bertz CT molecular complexity index is 1330. The normalized spacial score (nSPS) is 10.5. The Labute approximate surface area is 208 Å². The third-order valence-corrected chi connectivity index (χ3v) is 5.26. The Morgan fingerprint density at radius 1 is 0.943 bits per heavy atom. The van der Waals surface area contributed by atoms with Gasteiger partial charge in [-0.05, 0) is 60.7 Å². The second-order valence-electron chi connectivity index (χ2n) is 7.21. The van der Waals surface area contributed by atoms with Crippen LogP contribution in [0.2, 0.25) is 0 Å². The number of nitrogens with zero attached hydrogens (tertiary/aromatic N) is 1. The Kier molecular flexibility index (Phi) is 7.32. The molecule has 4 rings (SSSR count). The first-order chi connectivity index (χ1) is 16.9. The van der Waals surface area contributed by atoms with Crippen LogP contribution in [-0.2, 0) is 6.61 Å². The third-order valence-electron chi connectivity index (χ3n) is 4.74. The van der Waals surface area contributed by atoms with Crippen LogP contribution in [0.5, 0.6) is 23.0 Å². The van der Waals surface area contributed by atoms with E-state index in [0.717, 1.165) is 4.47 Å². The molecule has 0 aliphatic rings. The molecule has 0 atom stereocenters. The van der Waals surface area contributed by atoms with Crippen molar-refractivity contribution in [3.05, 3.63) is 105 Å². The number of rotatable bonds is 9. The van der Waals surface area contributed by atoms with Gasteiger partial charge in [-0.3, -0.25) is 14.9 Å². The number of nitro groups is 1. The van der Waals surface area contributed by atoms with E-state index in [0.29, 0.717) is 23.0 Å². The van der Waals surface area contributed by atoms with Crippen LogP contribution in [0.15, 0.2) is 87.8 Å². The van der Waals surface area contributed by atoms with Crippen LogP contribution in [0.25, 0.3) is 0 Å². The first-order valence-corrected chi connectivity index (χ1v) is 11.1. The largest absolute Gasteiger partial charge is 0.497 e. The van der Waals surface area contributed by atoms with E-state index in [9.17, 15) is 14.9 Å². The number of methoxy groups -OCH3 is 1. The summed E-state index contributed by atoms with van der Waals surface area (Å²) in [5.41, 5.74) is -0.0638. The van der Waals surface area contributed by atoms with Crippen molar-refractivity contribution in [1.82, 2.24) is 0 Å². The third kappa shape index (κ3) is 6.39. The van der Waals surface area contributed by atoms with Gasteiger partial charge in [-0.25, -0.2) is 0 Å². The molecule has 10 heteroatoms. The number of nitrogens with one attached hydrogen (secondary N) is 1. The average molecular weight is 539 g/mol. The van der Waals surface area contributed by atoms with E-state index < -0.39 is 10.8 Å². The number of carbonyl (C=O) groups is 1. The van der Waals surface area contributed by atoms with E-state index in [1.54, 1.807) is 49.6 Å². The Morgan fingerprint density at radius 2 is 1.63 bits per heavy atom. The smallest absolute Gasteiger partial charge is 0.291 e. The van der Waals surface area contributed by atoms with Crippen molar-refractivity contribution in [2.45, 2.75) is 6.61 Å². The Morgan fingerprint density at radius 3 is 2.31 bits per heavy atom. The summed E-state index contributed by atoms with van der Waals surface area (Å²) in [6, 6.07) is 21.1. The lowest BCUT2D eigenvalue weighted by molar-refractivity contribution is -0.384. The summed E-state index contributed by atoms with van der Waals surface area (Å²) in [5, 5.41) is 14.0. The quantitative estimate of drug-likeness (QED) is 0.189. The number of ether oxygens (including phenoxy) is 3.